The topological polar surface area (TPSA) is 54.9 Å². The van der Waals surface area contributed by atoms with E-state index in [9.17, 15) is 4.79 Å². The van der Waals surface area contributed by atoms with Crippen LogP contribution >= 0.6 is 22.7 Å². The Morgan fingerprint density at radius 2 is 2.20 bits per heavy atom. The molecule has 0 saturated heterocycles. The lowest BCUT2D eigenvalue weighted by Gasteiger charge is -2.02. The van der Waals surface area contributed by atoms with E-state index in [0.29, 0.717) is 11.5 Å². The number of aryl methyl sites for hydroxylation is 1. The lowest BCUT2D eigenvalue weighted by Crippen LogP contribution is -2.13. The molecule has 100 valence electrons. The van der Waals surface area contributed by atoms with Crippen LogP contribution in [0.3, 0.4) is 0 Å². The van der Waals surface area contributed by atoms with Crippen LogP contribution in [0.5, 0.6) is 0 Å². The van der Waals surface area contributed by atoms with E-state index in [1.54, 1.807) is 22.9 Å². The summed E-state index contributed by atoms with van der Waals surface area (Å²) in [6, 6.07) is 5.70. The Labute approximate surface area is 124 Å². The fourth-order valence-electron chi connectivity index (χ4n) is 1.68. The van der Waals surface area contributed by atoms with E-state index in [1.165, 1.54) is 11.3 Å². The van der Waals surface area contributed by atoms with Gasteiger partial charge in [-0.25, -0.2) is 9.97 Å². The maximum atomic E-state index is 12.1. The third-order valence-corrected chi connectivity index (χ3v) is 4.24. The second-order valence-corrected chi connectivity index (χ2v) is 5.86. The first-order valence-electron chi connectivity index (χ1n) is 5.94. The molecule has 0 aliphatic heterocycles. The average Bonchev–Trinajstić information content (AvgIpc) is 3.10. The van der Waals surface area contributed by atoms with Crippen molar-refractivity contribution in [1.82, 2.24) is 9.97 Å². The minimum absolute atomic E-state index is 0.235. The van der Waals surface area contributed by atoms with Crippen LogP contribution in [0.1, 0.15) is 16.1 Å². The Morgan fingerprint density at radius 1 is 1.30 bits per heavy atom. The van der Waals surface area contributed by atoms with Gasteiger partial charge in [0.25, 0.3) is 5.91 Å². The first-order chi connectivity index (χ1) is 9.72. The van der Waals surface area contributed by atoms with Crippen molar-refractivity contribution in [2.24, 2.45) is 0 Å². The predicted octanol–water partition coefficient (Wildman–Crippen LogP) is 3.83. The lowest BCUT2D eigenvalue weighted by molar-refractivity contribution is 0.102. The molecule has 20 heavy (non-hydrogen) atoms. The van der Waals surface area contributed by atoms with Gasteiger partial charge in [0.1, 0.15) is 16.5 Å². The number of pyridine rings is 1. The third kappa shape index (κ3) is 2.76. The molecule has 3 heterocycles. The van der Waals surface area contributed by atoms with E-state index in [2.05, 4.69) is 15.3 Å². The molecule has 6 heteroatoms. The summed E-state index contributed by atoms with van der Waals surface area (Å²) in [5.41, 5.74) is 2.51. The highest BCUT2D eigenvalue weighted by atomic mass is 32.1. The van der Waals surface area contributed by atoms with Crippen molar-refractivity contribution < 1.29 is 4.79 Å². The van der Waals surface area contributed by atoms with Crippen LogP contribution in [-0.4, -0.2) is 15.9 Å². The molecule has 0 aromatic carbocycles. The molecule has 0 bridgehead atoms. The van der Waals surface area contributed by atoms with E-state index < -0.39 is 0 Å². The molecule has 0 fully saturated rings. The number of hydrogen-bond donors (Lipinski definition) is 1. The van der Waals surface area contributed by atoms with Crippen molar-refractivity contribution in [2.45, 2.75) is 6.92 Å². The van der Waals surface area contributed by atoms with Gasteiger partial charge in [-0.1, -0.05) is 0 Å². The number of hydrogen-bond acceptors (Lipinski definition) is 5. The molecule has 3 aromatic heterocycles. The second kappa shape index (κ2) is 5.52. The van der Waals surface area contributed by atoms with Gasteiger partial charge in [-0.15, -0.1) is 11.3 Å². The van der Waals surface area contributed by atoms with Crippen LogP contribution in [0.2, 0.25) is 0 Å². The highest BCUT2D eigenvalue weighted by Gasteiger charge is 2.12. The highest BCUT2D eigenvalue weighted by Crippen LogP contribution is 2.25. The smallest absolute Gasteiger partial charge is 0.276 e. The number of nitrogens with zero attached hydrogens (tertiary/aromatic N) is 2. The number of carbonyl (C=O) groups is 1. The lowest BCUT2D eigenvalue weighted by atomic mass is 10.3. The summed E-state index contributed by atoms with van der Waals surface area (Å²) in [4.78, 5) is 20.6. The van der Waals surface area contributed by atoms with Crippen molar-refractivity contribution in [3.63, 3.8) is 0 Å². The quantitative estimate of drug-likeness (QED) is 0.800. The Kier molecular flexibility index (Phi) is 3.58. The summed E-state index contributed by atoms with van der Waals surface area (Å²) in [5.74, 6) is 0.306. The zero-order valence-corrected chi connectivity index (χ0v) is 12.3. The Bertz CT molecular complexity index is 734. The number of nitrogens with one attached hydrogen (secondary N) is 1. The van der Waals surface area contributed by atoms with E-state index in [4.69, 9.17) is 0 Å². The van der Waals surface area contributed by atoms with E-state index in [1.807, 2.05) is 35.9 Å². The summed E-state index contributed by atoms with van der Waals surface area (Å²) in [7, 11) is 0. The molecule has 3 aromatic rings. The van der Waals surface area contributed by atoms with Crippen LogP contribution in [0.25, 0.3) is 10.6 Å². The fourth-order valence-corrected chi connectivity index (χ4v) is 3.19. The molecule has 4 nitrogen and oxygen atoms in total. The van der Waals surface area contributed by atoms with Crippen LogP contribution in [0.4, 0.5) is 5.82 Å². The van der Waals surface area contributed by atoms with Crippen molar-refractivity contribution >= 4 is 34.4 Å². The number of amides is 1. The number of thiazole rings is 1. The molecule has 0 spiro atoms. The molecule has 1 amide bonds. The van der Waals surface area contributed by atoms with Crippen LogP contribution in [0, 0.1) is 6.92 Å². The largest absolute Gasteiger partial charge is 0.305 e. The summed E-state index contributed by atoms with van der Waals surface area (Å²) >= 11 is 3.08. The average molecular weight is 301 g/mol. The first-order valence-corrected chi connectivity index (χ1v) is 7.77. The van der Waals surface area contributed by atoms with Crippen molar-refractivity contribution in [2.75, 3.05) is 5.32 Å². The number of rotatable bonds is 3. The number of aromatic nitrogens is 2. The fraction of sp³-hybridized carbons (Fsp3) is 0.0714. The van der Waals surface area contributed by atoms with Gasteiger partial charge in [0.15, 0.2) is 0 Å². The summed E-state index contributed by atoms with van der Waals surface area (Å²) in [6.07, 6.45) is 1.67. The maximum Gasteiger partial charge on any atom is 0.276 e. The zero-order valence-electron chi connectivity index (χ0n) is 10.7. The van der Waals surface area contributed by atoms with Crippen LogP contribution in [0.15, 0.2) is 40.5 Å². The number of anilines is 1. The first kappa shape index (κ1) is 13.0. The van der Waals surface area contributed by atoms with Crippen molar-refractivity contribution in [1.29, 1.82) is 0 Å². The van der Waals surface area contributed by atoms with Crippen LogP contribution < -0.4 is 5.32 Å². The van der Waals surface area contributed by atoms with E-state index in [0.717, 1.165) is 16.1 Å². The highest BCUT2D eigenvalue weighted by molar-refractivity contribution is 7.14. The van der Waals surface area contributed by atoms with E-state index >= 15 is 0 Å². The molecule has 3 rings (SSSR count). The minimum Gasteiger partial charge on any atom is -0.305 e. The van der Waals surface area contributed by atoms with Crippen molar-refractivity contribution in [3.8, 4) is 10.6 Å². The van der Waals surface area contributed by atoms with Gasteiger partial charge in [-0.05, 0) is 36.1 Å². The van der Waals surface area contributed by atoms with Gasteiger partial charge in [-0.3, -0.25) is 4.79 Å². The molecule has 0 aliphatic rings. The van der Waals surface area contributed by atoms with Gasteiger partial charge in [0, 0.05) is 22.5 Å². The normalized spacial score (nSPS) is 10.4. The second-order valence-electron chi connectivity index (χ2n) is 4.22. The summed E-state index contributed by atoms with van der Waals surface area (Å²) < 4.78 is 0. The Balaban J connectivity index is 1.78. The van der Waals surface area contributed by atoms with Crippen molar-refractivity contribution in [3.05, 3.63) is 51.8 Å². The molecule has 1 N–H and O–H groups in total. The Hall–Kier alpha value is -2.05. The Morgan fingerprint density at radius 3 is 2.95 bits per heavy atom. The van der Waals surface area contributed by atoms with Gasteiger partial charge in [0.2, 0.25) is 0 Å². The van der Waals surface area contributed by atoms with E-state index in [-0.39, 0.29) is 5.91 Å². The molecule has 0 atom stereocenters. The standard InChI is InChI=1S/C14H11N3OS2/c1-9-2-4-15-12(6-9)17-13(18)11-8-20-14(16-11)10-3-5-19-7-10/h2-8H,1H3,(H,15,17,18). The maximum absolute atomic E-state index is 12.1. The number of thiophene rings is 1. The molecular formula is C14H11N3OS2. The molecule has 0 radical (unpaired) electrons. The monoisotopic (exact) mass is 301 g/mol. The molecule has 0 unspecified atom stereocenters. The van der Waals surface area contributed by atoms with Gasteiger partial charge in [0.05, 0.1) is 0 Å². The zero-order chi connectivity index (χ0) is 13.9. The minimum atomic E-state index is -0.235. The number of carbonyl (C=O) groups excluding carboxylic acids is 1. The summed E-state index contributed by atoms with van der Waals surface area (Å²) in [6.45, 7) is 1.95. The predicted molar refractivity (Wildman–Crippen MR) is 82.4 cm³/mol. The molecule has 0 saturated carbocycles. The van der Waals surface area contributed by atoms with Gasteiger partial charge in [-0.2, -0.15) is 11.3 Å². The summed E-state index contributed by atoms with van der Waals surface area (Å²) in [5, 5.41) is 9.38. The molecule has 0 aliphatic carbocycles. The third-order valence-electron chi connectivity index (χ3n) is 2.66. The SMILES string of the molecule is Cc1ccnc(NC(=O)c2csc(-c3ccsc3)n2)c1. The van der Waals surface area contributed by atoms with Crippen LogP contribution in [-0.2, 0) is 0 Å². The van der Waals surface area contributed by atoms with Gasteiger partial charge < -0.3 is 5.32 Å². The van der Waals surface area contributed by atoms with Gasteiger partial charge >= 0.3 is 0 Å². The molecular weight excluding hydrogens is 290 g/mol.